The lowest BCUT2D eigenvalue weighted by Gasteiger charge is -2.35. The molecule has 2 saturated heterocycles. The Hall–Kier alpha value is -1.92. The van der Waals surface area contributed by atoms with Crippen LogP contribution < -0.4 is 15.5 Å². The largest absolute Gasteiger partial charge is 0.369 e. The predicted molar refractivity (Wildman–Crippen MR) is 108 cm³/mol. The number of fused-ring (bicyclic) bond motifs is 3. The number of aromatic nitrogens is 1. The van der Waals surface area contributed by atoms with Crippen molar-refractivity contribution in [3.05, 3.63) is 46.4 Å². The molecule has 0 aliphatic carbocycles. The van der Waals surface area contributed by atoms with Gasteiger partial charge >= 0.3 is 0 Å². The number of thiazole rings is 1. The van der Waals surface area contributed by atoms with Crippen LogP contribution in [0.1, 0.15) is 30.5 Å². The molecule has 2 fully saturated rings. The Morgan fingerprint density at radius 2 is 2.30 bits per heavy atom. The third-order valence-corrected chi connectivity index (χ3v) is 7.24. The van der Waals surface area contributed by atoms with E-state index < -0.39 is 0 Å². The van der Waals surface area contributed by atoms with Gasteiger partial charge in [-0.15, -0.1) is 11.3 Å². The molecule has 3 atom stereocenters. The van der Waals surface area contributed by atoms with Crippen LogP contribution in [0.25, 0.3) is 0 Å². The van der Waals surface area contributed by atoms with E-state index in [9.17, 15) is 4.79 Å². The minimum atomic E-state index is -0.333. The van der Waals surface area contributed by atoms with Crippen molar-refractivity contribution in [1.82, 2.24) is 15.6 Å². The van der Waals surface area contributed by atoms with Gasteiger partial charge in [0.2, 0.25) is 5.91 Å². The van der Waals surface area contributed by atoms with E-state index in [1.54, 1.807) is 11.3 Å². The standard InChI is InChI=1S/C21H26N4OS/c26-20(22-8-10-25-9-7-15-3-1-2-4-18(15)25)21(12-17-13-27-14-23-17)11-16-5-6-19(21)24-16/h1-4,13-14,16,19,24H,5-12H2,(H,22,26)/t16-,19+,21-/m0/s1. The number of nitrogens with one attached hydrogen (secondary N) is 2. The Bertz CT molecular complexity index is 823. The molecule has 3 aliphatic rings. The highest BCUT2D eigenvalue weighted by molar-refractivity contribution is 7.07. The summed E-state index contributed by atoms with van der Waals surface area (Å²) in [7, 11) is 0. The van der Waals surface area contributed by atoms with Crippen LogP contribution in [0.5, 0.6) is 0 Å². The Morgan fingerprint density at radius 3 is 3.07 bits per heavy atom. The molecule has 1 amide bonds. The lowest BCUT2D eigenvalue weighted by atomic mass is 9.70. The Kier molecular flexibility index (Phi) is 4.40. The summed E-state index contributed by atoms with van der Waals surface area (Å²) in [5.74, 6) is 0.211. The van der Waals surface area contributed by atoms with Crippen molar-refractivity contribution in [2.45, 2.75) is 44.2 Å². The van der Waals surface area contributed by atoms with E-state index in [1.165, 1.54) is 17.7 Å². The number of amides is 1. The van der Waals surface area contributed by atoms with Gasteiger partial charge in [0.1, 0.15) is 0 Å². The molecule has 0 radical (unpaired) electrons. The van der Waals surface area contributed by atoms with Gasteiger partial charge < -0.3 is 15.5 Å². The van der Waals surface area contributed by atoms with Gasteiger partial charge in [-0.05, 0) is 37.3 Å². The van der Waals surface area contributed by atoms with Crippen molar-refractivity contribution in [3.63, 3.8) is 0 Å². The maximum atomic E-state index is 13.3. The first kappa shape index (κ1) is 17.2. The molecule has 1 aromatic carbocycles. The normalized spacial score (nSPS) is 28.5. The monoisotopic (exact) mass is 382 g/mol. The molecule has 2 N–H and O–H groups in total. The van der Waals surface area contributed by atoms with Gasteiger partial charge in [-0.3, -0.25) is 4.79 Å². The molecule has 3 aliphatic heterocycles. The van der Waals surface area contributed by atoms with Crippen molar-refractivity contribution < 1.29 is 4.79 Å². The molecule has 5 rings (SSSR count). The van der Waals surface area contributed by atoms with E-state index in [4.69, 9.17) is 0 Å². The second-order valence-corrected chi connectivity index (χ2v) is 8.85. The quantitative estimate of drug-likeness (QED) is 0.805. The first-order valence-corrected chi connectivity index (χ1v) is 10.9. The second kappa shape index (κ2) is 6.91. The van der Waals surface area contributed by atoms with Crippen molar-refractivity contribution in [1.29, 1.82) is 0 Å². The summed E-state index contributed by atoms with van der Waals surface area (Å²) in [6, 6.07) is 9.38. The minimum absolute atomic E-state index is 0.211. The molecule has 27 heavy (non-hydrogen) atoms. The number of rotatable bonds is 6. The van der Waals surface area contributed by atoms with E-state index in [2.05, 4.69) is 50.2 Å². The molecule has 5 nitrogen and oxygen atoms in total. The number of hydrogen-bond acceptors (Lipinski definition) is 5. The Balaban J connectivity index is 1.25. The fourth-order valence-corrected chi connectivity index (χ4v) is 5.85. The highest BCUT2D eigenvalue weighted by Gasteiger charge is 2.55. The number of carbonyl (C=O) groups is 1. The molecule has 2 bridgehead atoms. The fraction of sp³-hybridized carbons (Fsp3) is 0.524. The van der Waals surface area contributed by atoms with Gasteiger partial charge in [0.25, 0.3) is 0 Å². The van der Waals surface area contributed by atoms with Crippen LogP contribution in [0, 0.1) is 5.41 Å². The predicted octanol–water partition coefficient (Wildman–Crippen LogP) is 2.38. The van der Waals surface area contributed by atoms with Crippen LogP contribution in [0.3, 0.4) is 0 Å². The number of hydrogen-bond donors (Lipinski definition) is 2. The molecule has 0 spiro atoms. The topological polar surface area (TPSA) is 57.3 Å². The van der Waals surface area contributed by atoms with Crippen LogP contribution in [0.2, 0.25) is 0 Å². The number of nitrogens with zero attached hydrogens (tertiary/aromatic N) is 2. The van der Waals surface area contributed by atoms with Gasteiger partial charge in [0.15, 0.2) is 0 Å². The third kappa shape index (κ3) is 3.05. The van der Waals surface area contributed by atoms with Crippen LogP contribution in [-0.2, 0) is 17.6 Å². The van der Waals surface area contributed by atoms with E-state index in [0.717, 1.165) is 44.5 Å². The molecule has 2 aromatic rings. The smallest absolute Gasteiger partial charge is 0.228 e. The summed E-state index contributed by atoms with van der Waals surface area (Å²) in [5.41, 5.74) is 5.33. The lowest BCUT2D eigenvalue weighted by molar-refractivity contribution is -0.132. The molecular formula is C21H26N4OS. The minimum Gasteiger partial charge on any atom is -0.369 e. The van der Waals surface area contributed by atoms with E-state index in [1.807, 2.05) is 5.51 Å². The van der Waals surface area contributed by atoms with Crippen LogP contribution in [0.15, 0.2) is 35.2 Å². The molecule has 4 heterocycles. The second-order valence-electron chi connectivity index (χ2n) is 8.13. The zero-order valence-electron chi connectivity index (χ0n) is 15.5. The number of benzene rings is 1. The first-order chi connectivity index (χ1) is 13.2. The number of para-hydroxylation sites is 1. The lowest BCUT2D eigenvalue weighted by Crippen LogP contribution is -2.51. The molecule has 0 saturated carbocycles. The maximum Gasteiger partial charge on any atom is 0.228 e. The average molecular weight is 383 g/mol. The van der Waals surface area contributed by atoms with Gasteiger partial charge in [-0.25, -0.2) is 4.98 Å². The van der Waals surface area contributed by atoms with Gasteiger partial charge in [0.05, 0.1) is 16.6 Å². The van der Waals surface area contributed by atoms with E-state index >= 15 is 0 Å². The van der Waals surface area contributed by atoms with Gasteiger partial charge in [0, 0.05) is 49.2 Å². The molecule has 142 valence electrons. The Labute approximate surface area is 164 Å². The van der Waals surface area contributed by atoms with Gasteiger partial charge in [-0.2, -0.15) is 0 Å². The summed E-state index contributed by atoms with van der Waals surface area (Å²) < 4.78 is 0. The average Bonchev–Trinajstić information content (AvgIpc) is 3.46. The van der Waals surface area contributed by atoms with E-state index in [0.29, 0.717) is 12.6 Å². The van der Waals surface area contributed by atoms with Crippen molar-refractivity contribution in [3.8, 4) is 0 Å². The van der Waals surface area contributed by atoms with Crippen LogP contribution in [-0.4, -0.2) is 42.6 Å². The van der Waals surface area contributed by atoms with Crippen molar-refractivity contribution in [2.75, 3.05) is 24.5 Å². The summed E-state index contributed by atoms with van der Waals surface area (Å²) in [4.78, 5) is 20.2. The molecule has 6 heteroatoms. The van der Waals surface area contributed by atoms with Crippen LogP contribution in [0.4, 0.5) is 5.69 Å². The molecule has 1 aromatic heterocycles. The van der Waals surface area contributed by atoms with E-state index in [-0.39, 0.29) is 17.4 Å². The van der Waals surface area contributed by atoms with Gasteiger partial charge in [-0.1, -0.05) is 18.2 Å². The number of carbonyl (C=O) groups excluding carboxylic acids is 1. The SMILES string of the molecule is O=C(NCCN1CCc2ccccc21)[C@]1(Cc2cscn2)C[C@@H]2CC[C@H]1N2. The Morgan fingerprint density at radius 1 is 1.37 bits per heavy atom. The van der Waals surface area contributed by atoms with Crippen molar-refractivity contribution >= 4 is 22.9 Å². The summed E-state index contributed by atoms with van der Waals surface area (Å²) >= 11 is 1.61. The zero-order chi connectivity index (χ0) is 18.3. The third-order valence-electron chi connectivity index (χ3n) is 6.60. The maximum absolute atomic E-state index is 13.3. The highest BCUT2D eigenvalue weighted by atomic mass is 32.1. The van der Waals surface area contributed by atoms with Crippen LogP contribution >= 0.6 is 11.3 Å². The molecular weight excluding hydrogens is 356 g/mol. The molecule has 0 unspecified atom stereocenters. The zero-order valence-corrected chi connectivity index (χ0v) is 16.3. The summed E-state index contributed by atoms with van der Waals surface area (Å²) in [5, 5.41) is 9.02. The number of anilines is 1. The summed E-state index contributed by atoms with van der Waals surface area (Å²) in [6.07, 6.45) is 5.09. The van der Waals surface area contributed by atoms with Crippen molar-refractivity contribution in [2.24, 2.45) is 5.41 Å². The first-order valence-electron chi connectivity index (χ1n) is 9.99. The fourth-order valence-electron chi connectivity index (χ4n) is 5.29. The highest BCUT2D eigenvalue weighted by Crippen LogP contribution is 2.45. The summed E-state index contributed by atoms with van der Waals surface area (Å²) in [6.45, 7) is 2.62.